The summed E-state index contributed by atoms with van der Waals surface area (Å²) in [5.41, 5.74) is 2.45. The molecule has 2 aromatic rings. The van der Waals surface area contributed by atoms with Crippen LogP contribution in [0.25, 0.3) is 0 Å². The SMILES string of the molecule is CNC(c1ccc(SC)cc1)c1ccc(OC)cc1Br. The maximum absolute atomic E-state index is 5.25. The van der Waals surface area contributed by atoms with Gasteiger partial charge in [0.2, 0.25) is 0 Å². The van der Waals surface area contributed by atoms with E-state index in [0.29, 0.717) is 0 Å². The minimum absolute atomic E-state index is 0.159. The number of hydrogen-bond donors (Lipinski definition) is 1. The molecule has 0 saturated carbocycles. The molecule has 0 aromatic heterocycles. The number of hydrogen-bond acceptors (Lipinski definition) is 3. The molecule has 0 aliphatic rings. The molecule has 20 heavy (non-hydrogen) atoms. The molecular weight excluding hydrogens is 334 g/mol. The predicted molar refractivity (Wildman–Crippen MR) is 89.8 cm³/mol. The van der Waals surface area contributed by atoms with Crippen molar-refractivity contribution in [3.63, 3.8) is 0 Å². The summed E-state index contributed by atoms with van der Waals surface area (Å²) in [6.07, 6.45) is 2.09. The Hall–Kier alpha value is -0.970. The third-order valence-corrected chi connectivity index (χ3v) is 4.69. The van der Waals surface area contributed by atoms with Crippen LogP contribution in [0.2, 0.25) is 0 Å². The average molecular weight is 352 g/mol. The summed E-state index contributed by atoms with van der Waals surface area (Å²) in [6, 6.07) is 14.9. The summed E-state index contributed by atoms with van der Waals surface area (Å²) in [7, 11) is 3.65. The molecule has 0 spiro atoms. The number of benzene rings is 2. The van der Waals surface area contributed by atoms with Crippen LogP contribution in [0.4, 0.5) is 0 Å². The fourth-order valence-corrected chi connectivity index (χ4v) is 3.16. The zero-order valence-corrected chi connectivity index (χ0v) is 14.2. The molecule has 1 unspecified atom stereocenters. The van der Waals surface area contributed by atoms with E-state index in [-0.39, 0.29) is 6.04 Å². The molecule has 4 heteroatoms. The lowest BCUT2D eigenvalue weighted by Crippen LogP contribution is -2.18. The Kier molecular flexibility index (Phi) is 5.52. The Labute approximate surface area is 133 Å². The van der Waals surface area contributed by atoms with E-state index in [4.69, 9.17) is 4.74 Å². The monoisotopic (exact) mass is 351 g/mol. The Balaban J connectivity index is 2.35. The van der Waals surface area contributed by atoms with Gasteiger partial charge >= 0.3 is 0 Å². The van der Waals surface area contributed by atoms with Gasteiger partial charge in [-0.05, 0) is 48.7 Å². The summed E-state index contributed by atoms with van der Waals surface area (Å²) in [5.74, 6) is 0.855. The molecule has 106 valence electrons. The highest BCUT2D eigenvalue weighted by Gasteiger charge is 2.15. The minimum atomic E-state index is 0.159. The van der Waals surface area contributed by atoms with Gasteiger partial charge in [0.25, 0.3) is 0 Å². The van der Waals surface area contributed by atoms with Crippen molar-refractivity contribution in [3.05, 3.63) is 58.1 Å². The molecule has 0 radical (unpaired) electrons. The summed E-state index contributed by atoms with van der Waals surface area (Å²) < 4.78 is 6.29. The van der Waals surface area contributed by atoms with Crippen LogP contribution in [0, 0.1) is 0 Å². The third-order valence-electron chi connectivity index (χ3n) is 3.26. The molecular formula is C16H18BrNOS. The molecule has 0 bridgehead atoms. The first kappa shape index (κ1) is 15.4. The van der Waals surface area contributed by atoms with E-state index in [1.807, 2.05) is 19.2 Å². The first-order chi connectivity index (χ1) is 9.69. The topological polar surface area (TPSA) is 21.3 Å². The Morgan fingerprint density at radius 1 is 1.15 bits per heavy atom. The van der Waals surface area contributed by atoms with Gasteiger partial charge in [-0.15, -0.1) is 11.8 Å². The van der Waals surface area contributed by atoms with E-state index in [0.717, 1.165) is 10.2 Å². The summed E-state index contributed by atoms with van der Waals surface area (Å²) in [4.78, 5) is 1.28. The largest absolute Gasteiger partial charge is 0.497 e. The van der Waals surface area contributed by atoms with Crippen molar-refractivity contribution >= 4 is 27.7 Å². The van der Waals surface area contributed by atoms with Crippen molar-refractivity contribution < 1.29 is 4.74 Å². The third kappa shape index (κ3) is 3.37. The lowest BCUT2D eigenvalue weighted by Gasteiger charge is -2.19. The van der Waals surface area contributed by atoms with Gasteiger partial charge in [-0.1, -0.05) is 34.1 Å². The Morgan fingerprint density at radius 2 is 1.85 bits per heavy atom. The number of methoxy groups -OCH3 is 1. The lowest BCUT2D eigenvalue weighted by atomic mass is 9.99. The van der Waals surface area contributed by atoms with Gasteiger partial charge in [-0.25, -0.2) is 0 Å². The first-order valence-electron chi connectivity index (χ1n) is 6.34. The van der Waals surface area contributed by atoms with Crippen LogP contribution in [-0.4, -0.2) is 20.4 Å². The molecule has 2 rings (SSSR count). The molecule has 0 heterocycles. The molecule has 0 aliphatic heterocycles. The highest BCUT2D eigenvalue weighted by atomic mass is 79.9. The van der Waals surface area contributed by atoms with Gasteiger partial charge in [0.05, 0.1) is 13.2 Å². The van der Waals surface area contributed by atoms with Gasteiger partial charge < -0.3 is 10.1 Å². The van der Waals surface area contributed by atoms with Crippen LogP contribution < -0.4 is 10.1 Å². The van der Waals surface area contributed by atoms with Gasteiger partial charge in [-0.2, -0.15) is 0 Å². The van der Waals surface area contributed by atoms with Crippen LogP contribution in [0.5, 0.6) is 5.75 Å². The summed E-state index contributed by atoms with van der Waals surface area (Å²) in [5, 5.41) is 3.37. The van der Waals surface area contributed by atoms with Crippen LogP contribution in [0.1, 0.15) is 17.2 Å². The molecule has 2 nitrogen and oxygen atoms in total. The predicted octanol–water partition coefficient (Wildman–Crippen LogP) is 4.49. The quantitative estimate of drug-likeness (QED) is 0.802. The van der Waals surface area contributed by atoms with Crippen LogP contribution in [0.3, 0.4) is 0 Å². The molecule has 1 atom stereocenters. The highest BCUT2D eigenvalue weighted by Crippen LogP contribution is 2.31. The maximum Gasteiger partial charge on any atom is 0.120 e. The second kappa shape index (κ2) is 7.16. The van der Waals surface area contributed by atoms with E-state index < -0.39 is 0 Å². The average Bonchev–Trinajstić information content (AvgIpc) is 2.50. The Bertz CT molecular complexity index is 571. The molecule has 0 fully saturated rings. The molecule has 1 N–H and O–H groups in total. The molecule has 0 amide bonds. The second-order valence-electron chi connectivity index (χ2n) is 4.38. The van der Waals surface area contributed by atoms with E-state index in [1.165, 1.54) is 16.0 Å². The van der Waals surface area contributed by atoms with Gasteiger partial charge in [0.15, 0.2) is 0 Å². The first-order valence-corrected chi connectivity index (χ1v) is 8.36. The maximum atomic E-state index is 5.25. The van der Waals surface area contributed by atoms with Crippen molar-refractivity contribution in [2.75, 3.05) is 20.4 Å². The van der Waals surface area contributed by atoms with E-state index in [2.05, 4.69) is 57.8 Å². The van der Waals surface area contributed by atoms with Gasteiger partial charge in [0.1, 0.15) is 5.75 Å². The number of nitrogens with one attached hydrogen (secondary N) is 1. The Morgan fingerprint density at radius 3 is 2.35 bits per heavy atom. The van der Waals surface area contributed by atoms with E-state index in [1.54, 1.807) is 18.9 Å². The summed E-state index contributed by atoms with van der Waals surface area (Å²) in [6.45, 7) is 0. The number of rotatable bonds is 5. The minimum Gasteiger partial charge on any atom is -0.497 e. The smallest absolute Gasteiger partial charge is 0.120 e. The van der Waals surface area contributed by atoms with Gasteiger partial charge in [-0.3, -0.25) is 0 Å². The fraction of sp³-hybridized carbons (Fsp3) is 0.250. The number of halogens is 1. The molecule has 0 saturated heterocycles. The summed E-state index contributed by atoms with van der Waals surface area (Å²) >= 11 is 5.39. The van der Waals surface area contributed by atoms with Crippen molar-refractivity contribution in [3.8, 4) is 5.75 Å². The van der Waals surface area contributed by atoms with Crippen LogP contribution in [0.15, 0.2) is 51.8 Å². The van der Waals surface area contributed by atoms with E-state index >= 15 is 0 Å². The number of thioether (sulfide) groups is 1. The van der Waals surface area contributed by atoms with Crippen molar-refractivity contribution in [2.45, 2.75) is 10.9 Å². The molecule has 2 aromatic carbocycles. The second-order valence-corrected chi connectivity index (χ2v) is 6.12. The lowest BCUT2D eigenvalue weighted by molar-refractivity contribution is 0.414. The van der Waals surface area contributed by atoms with Crippen LogP contribution >= 0.6 is 27.7 Å². The molecule has 0 aliphatic carbocycles. The van der Waals surface area contributed by atoms with Crippen molar-refractivity contribution in [1.29, 1.82) is 0 Å². The van der Waals surface area contributed by atoms with Crippen LogP contribution in [-0.2, 0) is 0 Å². The standard InChI is InChI=1S/C16H18BrNOS/c1-18-16(11-4-7-13(20-3)8-5-11)14-9-6-12(19-2)10-15(14)17/h4-10,16,18H,1-3H3. The fourth-order valence-electron chi connectivity index (χ4n) is 2.17. The normalized spacial score (nSPS) is 12.2. The zero-order valence-electron chi connectivity index (χ0n) is 11.8. The van der Waals surface area contributed by atoms with E-state index in [9.17, 15) is 0 Å². The van der Waals surface area contributed by atoms with Crippen molar-refractivity contribution in [2.24, 2.45) is 0 Å². The highest BCUT2D eigenvalue weighted by molar-refractivity contribution is 9.10. The number of ether oxygens (including phenoxy) is 1. The van der Waals surface area contributed by atoms with Crippen molar-refractivity contribution in [1.82, 2.24) is 5.32 Å². The van der Waals surface area contributed by atoms with Gasteiger partial charge in [0, 0.05) is 9.37 Å². The zero-order chi connectivity index (χ0) is 14.5.